The molecule has 0 aliphatic heterocycles. The van der Waals surface area contributed by atoms with Crippen LogP contribution in [-0.4, -0.2) is 38.2 Å². The fourth-order valence-corrected chi connectivity index (χ4v) is 4.42. The van der Waals surface area contributed by atoms with Gasteiger partial charge in [-0.2, -0.15) is 0 Å². The zero-order valence-electron chi connectivity index (χ0n) is 13.6. The molecule has 0 aromatic carbocycles. The first kappa shape index (κ1) is 17.0. The van der Waals surface area contributed by atoms with Gasteiger partial charge in [-0.1, -0.05) is 0 Å². The molecule has 0 saturated heterocycles. The Morgan fingerprint density at radius 2 is 1.42 bits per heavy atom. The number of rotatable bonds is 6. The first-order chi connectivity index (χ1) is 12.6. The molecule has 10 heteroatoms. The van der Waals surface area contributed by atoms with Crippen LogP contribution in [0.15, 0.2) is 32.5 Å². The van der Waals surface area contributed by atoms with E-state index in [0.717, 1.165) is 4.90 Å². The van der Waals surface area contributed by atoms with Crippen LogP contribution in [0.2, 0.25) is 0 Å². The van der Waals surface area contributed by atoms with E-state index >= 15 is 0 Å². The van der Waals surface area contributed by atoms with Crippen molar-refractivity contribution in [2.45, 2.75) is 13.1 Å². The number of aliphatic hydroxyl groups is 1. The smallest absolute Gasteiger partial charge is 0.259 e. The summed E-state index contributed by atoms with van der Waals surface area (Å²) in [5, 5.41) is 14.2. The molecule has 0 saturated carbocycles. The first-order valence-electron chi connectivity index (χ1n) is 8.01. The molecular weight excluding hydrogens is 374 g/mol. The van der Waals surface area contributed by atoms with Gasteiger partial charge in [0, 0.05) is 0 Å². The molecule has 0 aliphatic carbocycles. The van der Waals surface area contributed by atoms with Crippen molar-refractivity contribution < 1.29 is 10.0 Å². The predicted octanol–water partition coefficient (Wildman–Crippen LogP) is -0.140. The number of H-pyrrole nitrogens is 2. The maximum atomic E-state index is 12.1. The zero-order valence-corrected chi connectivity index (χ0v) is 15.2. The number of hydrogen-bond acceptors (Lipinski definition) is 7. The number of aromatic nitrogens is 4. The Hall–Kier alpha value is -2.40. The monoisotopic (exact) mass is 390 g/mol. The molecule has 4 heterocycles. The van der Waals surface area contributed by atoms with Gasteiger partial charge in [0.05, 0.1) is 17.4 Å². The number of thiophene rings is 2. The molecule has 0 amide bonds. The third-order valence-corrected chi connectivity index (χ3v) is 5.68. The summed E-state index contributed by atoms with van der Waals surface area (Å²) >= 11 is 2.83. The number of aromatic amines is 2. The van der Waals surface area contributed by atoms with Gasteiger partial charge in [-0.25, -0.2) is 9.97 Å². The van der Waals surface area contributed by atoms with Crippen LogP contribution in [0, 0.1) is 0 Å². The van der Waals surface area contributed by atoms with E-state index in [1.165, 1.54) is 22.7 Å². The van der Waals surface area contributed by atoms with E-state index in [1.54, 1.807) is 12.1 Å². The van der Waals surface area contributed by atoms with E-state index in [9.17, 15) is 14.7 Å². The number of fused-ring (bicyclic) bond motifs is 2. The Morgan fingerprint density at radius 1 is 0.923 bits per heavy atom. The first-order valence-corrected chi connectivity index (χ1v) is 9.77. The molecule has 8 nitrogen and oxygen atoms in total. The molecule has 0 radical (unpaired) electrons. The summed E-state index contributed by atoms with van der Waals surface area (Å²) in [4.78, 5) is 41.1. The van der Waals surface area contributed by atoms with E-state index in [-0.39, 0.29) is 17.7 Å². The molecular formula is C16H16N5O3S2+. The molecule has 134 valence electrons. The molecule has 0 fully saturated rings. The molecule has 0 aliphatic rings. The van der Waals surface area contributed by atoms with E-state index in [1.807, 2.05) is 10.8 Å². The van der Waals surface area contributed by atoms with E-state index in [4.69, 9.17) is 0 Å². The third-order valence-electron chi connectivity index (χ3n) is 4.07. The van der Waals surface area contributed by atoms with Crippen molar-refractivity contribution in [2.75, 3.05) is 13.2 Å². The fourth-order valence-electron chi connectivity index (χ4n) is 2.86. The van der Waals surface area contributed by atoms with Crippen molar-refractivity contribution in [3.05, 3.63) is 55.2 Å². The molecule has 4 aromatic heterocycles. The Morgan fingerprint density at radius 3 is 1.88 bits per heavy atom. The average Bonchev–Trinajstić information content (AvgIpc) is 3.24. The SMILES string of the molecule is O=c1[nH]c(C[NH+](CCO)Cc2nc3sccc3c(=O)[nH]2)nc2sccc12. The lowest BCUT2D eigenvalue weighted by atomic mass is 10.3. The summed E-state index contributed by atoms with van der Waals surface area (Å²) in [5.74, 6) is 1.10. The minimum atomic E-state index is -0.166. The molecule has 4 rings (SSSR count). The second-order valence-corrected chi connectivity index (χ2v) is 7.67. The molecule has 0 spiro atoms. The Kier molecular flexibility index (Phi) is 4.64. The third kappa shape index (κ3) is 3.31. The number of hydrogen-bond donors (Lipinski definition) is 4. The van der Waals surface area contributed by atoms with Crippen LogP contribution in [0.1, 0.15) is 11.6 Å². The molecule has 4 aromatic rings. The molecule has 4 N–H and O–H groups in total. The minimum Gasteiger partial charge on any atom is -0.391 e. The predicted molar refractivity (Wildman–Crippen MR) is 101 cm³/mol. The molecule has 0 atom stereocenters. The van der Waals surface area contributed by atoms with Gasteiger partial charge in [-0.15, -0.1) is 22.7 Å². The Bertz CT molecular complexity index is 1090. The van der Waals surface area contributed by atoms with Gasteiger partial charge in [-0.05, 0) is 22.9 Å². The van der Waals surface area contributed by atoms with Crippen LogP contribution in [-0.2, 0) is 13.1 Å². The second-order valence-electron chi connectivity index (χ2n) is 5.88. The summed E-state index contributed by atoms with van der Waals surface area (Å²) in [6.45, 7) is 1.25. The van der Waals surface area contributed by atoms with Crippen molar-refractivity contribution in [1.82, 2.24) is 19.9 Å². The van der Waals surface area contributed by atoms with Crippen LogP contribution >= 0.6 is 22.7 Å². The summed E-state index contributed by atoms with van der Waals surface area (Å²) in [5.41, 5.74) is -0.331. The fraction of sp³-hybridized carbons (Fsp3) is 0.250. The van der Waals surface area contributed by atoms with Gasteiger partial charge in [0.15, 0.2) is 11.6 Å². The van der Waals surface area contributed by atoms with Crippen LogP contribution in [0.5, 0.6) is 0 Å². The van der Waals surface area contributed by atoms with Gasteiger partial charge in [0.2, 0.25) is 0 Å². The Balaban J connectivity index is 1.61. The highest BCUT2D eigenvalue weighted by molar-refractivity contribution is 7.17. The van der Waals surface area contributed by atoms with Crippen molar-refractivity contribution in [3.63, 3.8) is 0 Å². The maximum Gasteiger partial charge on any atom is 0.259 e. The summed E-state index contributed by atoms with van der Waals surface area (Å²) in [6, 6.07) is 3.50. The average molecular weight is 390 g/mol. The van der Waals surface area contributed by atoms with Gasteiger partial charge in [-0.3, -0.25) is 9.59 Å². The molecule has 0 unspecified atom stereocenters. The van der Waals surface area contributed by atoms with E-state index < -0.39 is 0 Å². The van der Waals surface area contributed by atoms with E-state index in [0.29, 0.717) is 51.7 Å². The lowest BCUT2D eigenvalue weighted by Crippen LogP contribution is -3.10. The lowest BCUT2D eigenvalue weighted by molar-refractivity contribution is -0.929. The quantitative estimate of drug-likeness (QED) is 0.366. The van der Waals surface area contributed by atoms with Crippen LogP contribution in [0.25, 0.3) is 20.4 Å². The van der Waals surface area contributed by atoms with Crippen molar-refractivity contribution in [2.24, 2.45) is 0 Å². The highest BCUT2D eigenvalue weighted by Gasteiger charge is 2.16. The van der Waals surface area contributed by atoms with Crippen LogP contribution in [0.3, 0.4) is 0 Å². The summed E-state index contributed by atoms with van der Waals surface area (Å²) in [6.07, 6.45) is 0. The minimum absolute atomic E-state index is 0.0215. The van der Waals surface area contributed by atoms with Gasteiger partial charge < -0.3 is 20.0 Å². The zero-order chi connectivity index (χ0) is 18.1. The number of aliphatic hydroxyl groups excluding tert-OH is 1. The van der Waals surface area contributed by atoms with Crippen molar-refractivity contribution >= 4 is 43.1 Å². The number of quaternary nitrogens is 1. The maximum absolute atomic E-state index is 12.1. The van der Waals surface area contributed by atoms with Crippen molar-refractivity contribution in [1.29, 1.82) is 0 Å². The molecule has 0 bridgehead atoms. The van der Waals surface area contributed by atoms with E-state index in [2.05, 4.69) is 19.9 Å². The topological polar surface area (TPSA) is 116 Å². The summed E-state index contributed by atoms with van der Waals surface area (Å²) < 4.78 is 0. The standard InChI is InChI=1S/C16H15N5O3S2/c22-4-3-21(7-11-17-13(23)9-1-5-25-15(9)19-11)8-12-18-14(24)10-2-6-26-16(10)20-12/h1-2,5-6,22H,3-4,7-8H2,(H,17,19,23)(H,18,20,24)/p+1. The van der Waals surface area contributed by atoms with Gasteiger partial charge in [0.1, 0.15) is 29.3 Å². The van der Waals surface area contributed by atoms with Crippen LogP contribution in [0.4, 0.5) is 0 Å². The highest BCUT2D eigenvalue weighted by atomic mass is 32.1. The summed E-state index contributed by atoms with van der Waals surface area (Å²) in [7, 11) is 0. The number of nitrogens with zero attached hydrogens (tertiary/aromatic N) is 2. The highest BCUT2D eigenvalue weighted by Crippen LogP contribution is 2.14. The Labute approximate surface area is 154 Å². The van der Waals surface area contributed by atoms with Gasteiger partial charge >= 0.3 is 0 Å². The number of nitrogens with one attached hydrogen (secondary N) is 3. The largest absolute Gasteiger partial charge is 0.391 e. The molecule has 26 heavy (non-hydrogen) atoms. The van der Waals surface area contributed by atoms with Gasteiger partial charge in [0.25, 0.3) is 11.1 Å². The second kappa shape index (κ2) is 7.08. The normalized spacial score (nSPS) is 11.8. The lowest BCUT2D eigenvalue weighted by Gasteiger charge is -2.17. The van der Waals surface area contributed by atoms with Crippen molar-refractivity contribution in [3.8, 4) is 0 Å². The van der Waals surface area contributed by atoms with Crippen LogP contribution < -0.4 is 16.0 Å².